The van der Waals surface area contributed by atoms with Gasteiger partial charge in [-0.15, -0.1) is 0 Å². The number of benzene rings is 3. The van der Waals surface area contributed by atoms with Crippen LogP contribution >= 0.6 is 0 Å². The number of methoxy groups -OCH3 is 1. The number of nitrogens with one attached hydrogen (secondary N) is 3. The monoisotopic (exact) mass is 487 g/mol. The molecule has 8 heteroatoms. The minimum absolute atomic E-state index is 0.0702. The smallest absolute Gasteiger partial charge is 0.323 e. The van der Waals surface area contributed by atoms with Crippen LogP contribution in [0.2, 0.25) is 0 Å². The van der Waals surface area contributed by atoms with E-state index in [1.165, 1.54) is 0 Å². The molecule has 1 heterocycles. The van der Waals surface area contributed by atoms with E-state index in [-0.39, 0.29) is 12.1 Å². The van der Waals surface area contributed by atoms with E-state index in [0.717, 1.165) is 41.2 Å². The Kier molecular flexibility index (Phi) is 7.63. The van der Waals surface area contributed by atoms with Crippen molar-refractivity contribution in [2.45, 2.75) is 20.8 Å². The molecule has 3 aromatic carbocycles. The Morgan fingerprint density at radius 2 is 1.53 bits per heavy atom. The molecule has 3 aromatic rings. The maximum absolute atomic E-state index is 12.8. The number of carbonyl (C=O) groups excluding carboxylic acids is 2. The van der Waals surface area contributed by atoms with Crippen molar-refractivity contribution in [3.05, 3.63) is 77.4 Å². The minimum Gasteiger partial charge on any atom is -0.495 e. The second-order valence-corrected chi connectivity index (χ2v) is 8.98. The van der Waals surface area contributed by atoms with Gasteiger partial charge in [0.1, 0.15) is 5.75 Å². The van der Waals surface area contributed by atoms with Crippen LogP contribution in [0.4, 0.5) is 32.3 Å². The molecule has 0 radical (unpaired) electrons. The Labute approximate surface area is 212 Å². The van der Waals surface area contributed by atoms with Crippen LogP contribution in [-0.4, -0.2) is 50.3 Å². The number of anilines is 4. The van der Waals surface area contributed by atoms with E-state index in [4.69, 9.17) is 4.74 Å². The second kappa shape index (κ2) is 11.0. The van der Waals surface area contributed by atoms with Crippen LogP contribution in [0, 0.1) is 20.8 Å². The van der Waals surface area contributed by atoms with E-state index < -0.39 is 0 Å². The number of ether oxygens (including phenoxy) is 1. The molecule has 8 nitrogen and oxygen atoms in total. The minimum atomic E-state index is -0.338. The van der Waals surface area contributed by atoms with Gasteiger partial charge in [0.2, 0.25) is 0 Å². The van der Waals surface area contributed by atoms with Gasteiger partial charge in [-0.1, -0.05) is 18.2 Å². The quantitative estimate of drug-likeness (QED) is 0.436. The molecule has 0 spiro atoms. The second-order valence-electron chi connectivity index (χ2n) is 8.98. The summed E-state index contributed by atoms with van der Waals surface area (Å²) in [4.78, 5) is 29.3. The van der Waals surface area contributed by atoms with Gasteiger partial charge in [0.15, 0.2) is 0 Å². The predicted octanol–water partition coefficient (Wildman–Crippen LogP) is 5.62. The van der Waals surface area contributed by atoms with Crippen molar-refractivity contribution in [2.75, 3.05) is 54.1 Å². The van der Waals surface area contributed by atoms with Crippen molar-refractivity contribution in [1.29, 1.82) is 0 Å². The van der Waals surface area contributed by atoms with E-state index in [2.05, 4.69) is 20.9 Å². The van der Waals surface area contributed by atoms with E-state index in [1.807, 2.05) is 86.3 Å². The number of piperazine rings is 1. The third kappa shape index (κ3) is 5.89. The summed E-state index contributed by atoms with van der Waals surface area (Å²) in [5.74, 6) is 0.605. The molecule has 0 aliphatic carbocycles. The summed E-state index contributed by atoms with van der Waals surface area (Å²) in [5, 5.41) is 8.74. The first-order chi connectivity index (χ1) is 17.3. The van der Waals surface area contributed by atoms with Crippen molar-refractivity contribution >= 4 is 34.8 Å². The first-order valence-corrected chi connectivity index (χ1v) is 12.0. The number of nitrogens with zero attached hydrogens (tertiary/aromatic N) is 2. The number of carbonyl (C=O) groups is 2. The molecule has 0 bridgehead atoms. The summed E-state index contributed by atoms with van der Waals surface area (Å²) < 4.78 is 5.32. The highest BCUT2D eigenvalue weighted by molar-refractivity contribution is 6.00. The normalized spacial score (nSPS) is 13.2. The average Bonchev–Trinajstić information content (AvgIpc) is 2.87. The Morgan fingerprint density at radius 3 is 2.22 bits per heavy atom. The van der Waals surface area contributed by atoms with Crippen molar-refractivity contribution in [3.63, 3.8) is 0 Å². The summed E-state index contributed by atoms with van der Waals surface area (Å²) >= 11 is 0. The van der Waals surface area contributed by atoms with Crippen LogP contribution in [-0.2, 0) is 0 Å². The number of rotatable bonds is 5. The summed E-state index contributed by atoms with van der Waals surface area (Å²) in [6.07, 6.45) is 0. The highest BCUT2D eigenvalue weighted by Crippen LogP contribution is 2.26. The molecular weight excluding hydrogens is 454 g/mol. The molecule has 1 aliphatic heterocycles. The fourth-order valence-electron chi connectivity index (χ4n) is 4.21. The van der Waals surface area contributed by atoms with E-state index >= 15 is 0 Å². The van der Waals surface area contributed by atoms with Crippen molar-refractivity contribution in [2.24, 2.45) is 0 Å². The van der Waals surface area contributed by atoms with Crippen LogP contribution in [0.25, 0.3) is 0 Å². The van der Waals surface area contributed by atoms with Crippen LogP contribution in [0.15, 0.2) is 60.7 Å². The third-order valence-corrected chi connectivity index (χ3v) is 6.51. The zero-order chi connectivity index (χ0) is 25.7. The van der Waals surface area contributed by atoms with Gasteiger partial charge in [0.25, 0.3) is 0 Å². The lowest BCUT2D eigenvalue weighted by atomic mass is 10.1. The van der Waals surface area contributed by atoms with E-state index in [1.54, 1.807) is 7.11 Å². The van der Waals surface area contributed by atoms with Crippen molar-refractivity contribution < 1.29 is 14.3 Å². The largest absolute Gasteiger partial charge is 0.495 e. The van der Waals surface area contributed by atoms with Crippen molar-refractivity contribution in [3.8, 4) is 5.75 Å². The lowest BCUT2D eigenvalue weighted by molar-refractivity contribution is 0.208. The molecule has 0 atom stereocenters. The molecular formula is C28H33N5O3. The lowest BCUT2D eigenvalue weighted by Crippen LogP contribution is -2.50. The molecule has 188 valence electrons. The Morgan fingerprint density at radius 1 is 0.806 bits per heavy atom. The lowest BCUT2D eigenvalue weighted by Gasteiger charge is -2.36. The summed E-state index contributed by atoms with van der Waals surface area (Å²) in [5.41, 5.74) is 6.48. The molecule has 1 saturated heterocycles. The van der Waals surface area contributed by atoms with Gasteiger partial charge in [0, 0.05) is 43.2 Å². The molecule has 4 amide bonds. The van der Waals surface area contributed by atoms with Crippen LogP contribution in [0.5, 0.6) is 5.75 Å². The van der Waals surface area contributed by atoms with Crippen LogP contribution in [0.1, 0.15) is 16.7 Å². The van der Waals surface area contributed by atoms with Crippen LogP contribution < -0.4 is 25.6 Å². The predicted molar refractivity (Wildman–Crippen MR) is 146 cm³/mol. The zero-order valence-electron chi connectivity index (χ0n) is 21.2. The maximum Gasteiger partial charge on any atom is 0.323 e. The highest BCUT2D eigenvalue weighted by Gasteiger charge is 2.22. The topological polar surface area (TPSA) is 85.9 Å². The number of amides is 4. The summed E-state index contributed by atoms with van der Waals surface area (Å²) in [7, 11) is 1.57. The van der Waals surface area contributed by atoms with Crippen molar-refractivity contribution in [1.82, 2.24) is 4.90 Å². The third-order valence-electron chi connectivity index (χ3n) is 6.51. The Hall–Kier alpha value is -4.20. The standard InChI is InChI=1S/C28H33N5O3/c1-19-8-13-26(36-4)25(18-19)30-27(34)29-22-9-11-23(12-10-22)32-14-16-33(17-15-32)28(35)31-24-7-5-6-20(2)21(24)3/h5-13,18H,14-17H2,1-4H3,(H,31,35)(H2,29,30,34). The van der Waals surface area contributed by atoms with Gasteiger partial charge in [-0.05, 0) is 79.9 Å². The van der Waals surface area contributed by atoms with Gasteiger partial charge >= 0.3 is 12.1 Å². The summed E-state index contributed by atoms with van der Waals surface area (Å²) in [6, 6.07) is 18.9. The first kappa shape index (κ1) is 24.9. The van der Waals surface area contributed by atoms with Gasteiger partial charge in [0.05, 0.1) is 12.8 Å². The molecule has 0 saturated carbocycles. The highest BCUT2D eigenvalue weighted by atomic mass is 16.5. The molecule has 4 rings (SSSR count). The number of aryl methyl sites for hydroxylation is 2. The number of hydrogen-bond acceptors (Lipinski definition) is 4. The molecule has 0 unspecified atom stereocenters. The number of urea groups is 2. The van der Waals surface area contributed by atoms with E-state index in [0.29, 0.717) is 30.2 Å². The molecule has 1 aliphatic rings. The summed E-state index contributed by atoms with van der Waals surface area (Å²) in [6.45, 7) is 8.76. The average molecular weight is 488 g/mol. The molecule has 1 fully saturated rings. The Bertz CT molecular complexity index is 1230. The zero-order valence-corrected chi connectivity index (χ0v) is 21.2. The molecule has 0 aromatic heterocycles. The van der Waals surface area contributed by atoms with E-state index in [9.17, 15) is 9.59 Å². The van der Waals surface area contributed by atoms with Crippen LogP contribution in [0.3, 0.4) is 0 Å². The first-order valence-electron chi connectivity index (χ1n) is 12.0. The molecule has 36 heavy (non-hydrogen) atoms. The number of hydrogen-bond donors (Lipinski definition) is 3. The Balaban J connectivity index is 1.29. The molecule has 3 N–H and O–H groups in total. The van der Waals surface area contributed by atoms with Gasteiger partial charge in [-0.25, -0.2) is 9.59 Å². The van der Waals surface area contributed by atoms with Gasteiger partial charge in [-0.3, -0.25) is 0 Å². The van der Waals surface area contributed by atoms with Gasteiger partial charge < -0.3 is 30.5 Å². The van der Waals surface area contributed by atoms with Gasteiger partial charge in [-0.2, -0.15) is 0 Å². The fourth-order valence-corrected chi connectivity index (χ4v) is 4.21. The SMILES string of the molecule is COc1ccc(C)cc1NC(=O)Nc1ccc(N2CCN(C(=O)Nc3cccc(C)c3C)CC2)cc1. The maximum atomic E-state index is 12.8. The fraction of sp³-hybridized carbons (Fsp3) is 0.286.